The molecular formula is C27H18F6N8. The highest BCUT2D eigenvalue weighted by atomic mass is 19.4. The zero-order valence-corrected chi connectivity index (χ0v) is 21.1. The van der Waals surface area contributed by atoms with E-state index in [-0.39, 0.29) is 24.3 Å². The van der Waals surface area contributed by atoms with Crippen LogP contribution in [0.4, 0.5) is 32.2 Å². The van der Waals surface area contributed by atoms with Crippen LogP contribution in [0.25, 0.3) is 16.7 Å². The van der Waals surface area contributed by atoms with Gasteiger partial charge in [0.2, 0.25) is 0 Å². The fraction of sp³-hybridized carbons (Fsp3) is 0.185. The van der Waals surface area contributed by atoms with Gasteiger partial charge in [0.1, 0.15) is 24.5 Å². The van der Waals surface area contributed by atoms with Gasteiger partial charge < -0.3 is 4.90 Å². The quantitative estimate of drug-likeness (QED) is 0.222. The molecule has 0 spiro atoms. The van der Waals surface area contributed by atoms with E-state index in [9.17, 15) is 26.3 Å². The Morgan fingerprint density at radius 2 is 1.66 bits per heavy atom. The van der Waals surface area contributed by atoms with E-state index in [1.54, 1.807) is 37.3 Å². The summed E-state index contributed by atoms with van der Waals surface area (Å²) in [6, 6.07) is 13.7. The molecule has 1 unspecified atom stereocenters. The lowest BCUT2D eigenvalue weighted by Gasteiger charge is -2.31. The number of nitriles is 1. The molecule has 0 aliphatic rings. The van der Waals surface area contributed by atoms with Crippen molar-refractivity contribution in [1.82, 2.24) is 29.7 Å². The molecule has 208 valence electrons. The summed E-state index contributed by atoms with van der Waals surface area (Å²) in [4.78, 5) is 18.0. The number of halogens is 6. The summed E-state index contributed by atoms with van der Waals surface area (Å²) in [6.07, 6.45) is -6.70. The Morgan fingerprint density at radius 3 is 2.29 bits per heavy atom. The third-order valence-corrected chi connectivity index (χ3v) is 6.33. The molecule has 5 aromatic rings. The number of anilines is 1. The largest absolute Gasteiger partial charge is 0.418 e. The van der Waals surface area contributed by atoms with Crippen LogP contribution in [0.5, 0.6) is 0 Å². The lowest BCUT2D eigenvalue weighted by molar-refractivity contribution is -0.142. The van der Waals surface area contributed by atoms with Gasteiger partial charge in [-0.1, -0.05) is 30.3 Å². The van der Waals surface area contributed by atoms with Crippen LogP contribution in [0.3, 0.4) is 0 Å². The fourth-order valence-corrected chi connectivity index (χ4v) is 4.37. The SMILES string of the molecule is CC(c1ncnn1-c1ccc(C#N)cn1)N(Cc1ccccc1)c1ncnc2c(C(F)(F)F)cc(C(F)(F)F)cc12. The fourth-order valence-electron chi connectivity index (χ4n) is 4.37. The summed E-state index contributed by atoms with van der Waals surface area (Å²) in [5, 5.41) is 12.9. The first kappa shape index (κ1) is 27.5. The second-order valence-corrected chi connectivity index (χ2v) is 8.95. The van der Waals surface area contributed by atoms with Crippen LogP contribution in [0.1, 0.15) is 41.0 Å². The number of alkyl halides is 6. The summed E-state index contributed by atoms with van der Waals surface area (Å²) >= 11 is 0. The highest BCUT2D eigenvalue weighted by Gasteiger charge is 2.39. The van der Waals surface area contributed by atoms with E-state index in [4.69, 9.17) is 5.26 Å². The Balaban J connectivity index is 1.72. The Labute approximate surface area is 228 Å². The van der Waals surface area contributed by atoms with Crippen molar-refractivity contribution in [3.8, 4) is 11.9 Å². The maximum Gasteiger partial charge on any atom is 0.418 e. The lowest BCUT2D eigenvalue weighted by atomic mass is 10.0. The molecule has 5 rings (SSSR count). The highest BCUT2D eigenvalue weighted by molar-refractivity contribution is 5.92. The van der Waals surface area contributed by atoms with E-state index in [1.807, 2.05) is 6.07 Å². The molecule has 3 aromatic heterocycles. The van der Waals surface area contributed by atoms with Crippen molar-refractivity contribution < 1.29 is 26.3 Å². The minimum atomic E-state index is -5.11. The Kier molecular flexibility index (Phi) is 7.04. The van der Waals surface area contributed by atoms with Gasteiger partial charge in [-0.2, -0.15) is 41.4 Å². The standard InChI is InChI=1S/C27H18F6N8/c1-16(24-38-15-39-41(24)22-8-7-18(11-34)12-35-22)40(13-17-5-3-2-4-6-17)25-20-9-19(26(28,29)30)10-21(27(31,32)33)23(20)36-14-37-25/h2-10,12,14-16H,13H2,1H3. The van der Waals surface area contributed by atoms with Crippen LogP contribution >= 0.6 is 0 Å². The molecular weight excluding hydrogens is 550 g/mol. The molecule has 0 N–H and O–H groups in total. The number of pyridine rings is 1. The summed E-state index contributed by atoms with van der Waals surface area (Å²) in [5.41, 5.74) is -2.66. The van der Waals surface area contributed by atoms with Gasteiger partial charge in [0.25, 0.3) is 0 Å². The van der Waals surface area contributed by atoms with Crippen LogP contribution < -0.4 is 4.90 Å². The second-order valence-electron chi connectivity index (χ2n) is 8.95. The normalized spacial score (nSPS) is 12.7. The first-order valence-corrected chi connectivity index (χ1v) is 12.0. The van der Waals surface area contributed by atoms with Crippen molar-refractivity contribution in [2.75, 3.05) is 4.90 Å². The first-order chi connectivity index (χ1) is 19.5. The maximum atomic E-state index is 14.0. The molecule has 2 aromatic carbocycles. The van der Waals surface area contributed by atoms with Gasteiger partial charge in [-0.05, 0) is 36.8 Å². The van der Waals surface area contributed by atoms with Gasteiger partial charge in [0.05, 0.1) is 28.2 Å². The maximum absolute atomic E-state index is 14.0. The lowest BCUT2D eigenvalue weighted by Crippen LogP contribution is -2.30. The van der Waals surface area contributed by atoms with Crippen molar-refractivity contribution in [2.45, 2.75) is 31.9 Å². The average molecular weight is 568 g/mol. The Hall–Kier alpha value is -5.06. The second kappa shape index (κ2) is 10.5. The first-order valence-electron chi connectivity index (χ1n) is 12.0. The highest BCUT2D eigenvalue weighted by Crippen LogP contribution is 2.42. The zero-order chi connectivity index (χ0) is 29.4. The molecule has 0 radical (unpaired) electrons. The molecule has 41 heavy (non-hydrogen) atoms. The van der Waals surface area contributed by atoms with Crippen molar-refractivity contribution in [2.24, 2.45) is 0 Å². The molecule has 0 bridgehead atoms. The van der Waals surface area contributed by atoms with E-state index in [0.717, 1.165) is 6.33 Å². The number of aromatic nitrogens is 6. The smallest absolute Gasteiger partial charge is 0.342 e. The molecule has 0 aliphatic carbocycles. The third kappa shape index (κ3) is 5.51. The summed E-state index contributed by atoms with van der Waals surface area (Å²) < 4.78 is 84.5. The van der Waals surface area contributed by atoms with E-state index >= 15 is 0 Å². The number of hydrogen-bond donors (Lipinski definition) is 0. The average Bonchev–Trinajstić information content (AvgIpc) is 3.44. The van der Waals surface area contributed by atoms with Gasteiger partial charge >= 0.3 is 12.4 Å². The number of benzene rings is 2. The van der Waals surface area contributed by atoms with Gasteiger partial charge in [-0.3, -0.25) is 0 Å². The predicted octanol–water partition coefficient (Wildman–Crippen LogP) is 6.28. The molecule has 8 nitrogen and oxygen atoms in total. The number of nitrogens with zero attached hydrogens (tertiary/aromatic N) is 8. The third-order valence-electron chi connectivity index (χ3n) is 6.33. The van der Waals surface area contributed by atoms with Crippen molar-refractivity contribution in [3.63, 3.8) is 0 Å². The van der Waals surface area contributed by atoms with E-state index in [0.29, 0.717) is 23.0 Å². The summed E-state index contributed by atoms with van der Waals surface area (Å²) in [6.45, 7) is 1.71. The Bertz CT molecular complexity index is 1720. The molecule has 14 heteroatoms. The van der Waals surface area contributed by atoms with Gasteiger partial charge in [-0.15, -0.1) is 0 Å². The van der Waals surface area contributed by atoms with Gasteiger partial charge in [0.15, 0.2) is 11.6 Å². The Morgan fingerprint density at radius 1 is 0.902 bits per heavy atom. The number of hydrogen-bond acceptors (Lipinski definition) is 7. The molecule has 1 atom stereocenters. The van der Waals surface area contributed by atoms with E-state index in [1.165, 1.54) is 34.2 Å². The molecule has 0 amide bonds. The molecule has 0 fully saturated rings. The molecule has 0 saturated heterocycles. The van der Waals surface area contributed by atoms with Crippen LogP contribution in [0.2, 0.25) is 0 Å². The van der Waals surface area contributed by atoms with Crippen molar-refractivity contribution in [3.05, 3.63) is 102 Å². The minimum absolute atomic E-state index is 0.0410. The van der Waals surface area contributed by atoms with Gasteiger partial charge in [0, 0.05) is 18.1 Å². The van der Waals surface area contributed by atoms with E-state index in [2.05, 4.69) is 25.0 Å². The van der Waals surface area contributed by atoms with Crippen LogP contribution in [-0.4, -0.2) is 29.7 Å². The minimum Gasteiger partial charge on any atom is -0.342 e. The van der Waals surface area contributed by atoms with Crippen molar-refractivity contribution >= 4 is 16.7 Å². The predicted molar refractivity (Wildman–Crippen MR) is 134 cm³/mol. The zero-order valence-electron chi connectivity index (χ0n) is 21.1. The topological polar surface area (TPSA) is 96.4 Å². The van der Waals surface area contributed by atoms with Crippen molar-refractivity contribution in [1.29, 1.82) is 5.26 Å². The summed E-state index contributed by atoms with van der Waals surface area (Å²) in [5.74, 6) is 0.410. The van der Waals surface area contributed by atoms with Crippen LogP contribution in [-0.2, 0) is 18.9 Å². The number of rotatable bonds is 6. The van der Waals surface area contributed by atoms with Crippen LogP contribution in [0, 0.1) is 11.3 Å². The van der Waals surface area contributed by atoms with Crippen LogP contribution in [0.15, 0.2) is 73.4 Å². The molecule has 3 heterocycles. The monoisotopic (exact) mass is 568 g/mol. The summed E-state index contributed by atoms with van der Waals surface area (Å²) in [7, 11) is 0. The number of fused-ring (bicyclic) bond motifs is 1. The van der Waals surface area contributed by atoms with Gasteiger partial charge in [-0.25, -0.2) is 19.9 Å². The molecule has 0 aliphatic heterocycles. The molecule has 0 saturated carbocycles. The van der Waals surface area contributed by atoms with E-state index < -0.39 is 40.4 Å².